The molecule has 0 aliphatic heterocycles. The van der Waals surface area contributed by atoms with Gasteiger partial charge in [-0.15, -0.1) is 0 Å². The Morgan fingerprint density at radius 2 is 1.88 bits per heavy atom. The number of nitrogens with zero attached hydrogens (tertiary/aromatic N) is 3. The Hall–Kier alpha value is -3.35. The molecule has 0 saturated carbocycles. The van der Waals surface area contributed by atoms with E-state index in [1.165, 1.54) is 22.9 Å². The van der Waals surface area contributed by atoms with Gasteiger partial charge >= 0.3 is 0 Å². The summed E-state index contributed by atoms with van der Waals surface area (Å²) in [6, 6.07) is 14.3. The first kappa shape index (κ1) is 17.5. The van der Waals surface area contributed by atoms with Crippen LogP contribution in [0.5, 0.6) is 0 Å². The summed E-state index contributed by atoms with van der Waals surface area (Å²) in [5, 5.41) is 7.01. The molecule has 132 valence electrons. The maximum Gasteiger partial charge on any atom is 0.266 e. The summed E-state index contributed by atoms with van der Waals surface area (Å²) in [5.41, 5.74) is 1.70. The number of carbonyl (C=O) groups is 1. The van der Waals surface area contributed by atoms with Gasteiger partial charge < -0.3 is 5.32 Å². The van der Waals surface area contributed by atoms with Crippen molar-refractivity contribution in [1.82, 2.24) is 20.1 Å². The molecule has 1 amide bonds. The second-order valence-corrected chi connectivity index (χ2v) is 5.63. The highest BCUT2D eigenvalue weighted by Gasteiger charge is 2.07. The van der Waals surface area contributed by atoms with Crippen LogP contribution in [0.4, 0.5) is 4.39 Å². The highest BCUT2D eigenvalue weighted by Crippen LogP contribution is 2.15. The molecule has 0 aliphatic carbocycles. The van der Waals surface area contributed by atoms with Gasteiger partial charge in [0.2, 0.25) is 5.91 Å². The van der Waals surface area contributed by atoms with Gasteiger partial charge in [-0.05, 0) is 42.5 Å². The smallest absolute Gasteiger partial charge is 0.266 e. The molecule has 0 atom stereocenters. The third-order valence-corrected chi connectivity index (χ3v) is 3.75. The van der Waals surface area contributed by atoms with Gasteiger partial charge in [-0.1, -0.05) is 6.07 Å². The number of hydrogen-bond donors (Lipinski definition) is 1. The lowest BCUT2D eigenvalue weighted by Gasteiger charge is -2.08. The minimum Gasteiger partial charge on any atom is -0.350 e. The predicted octanol–water partition coefficient (Wildman–Crippen LogP) is 2.15. The number of benzene rings is 1. The van der Waals surface area contributed by atoms with E-state index in [1.807, 2.05) is 12.1 Å². The van der Waals surface area contributed by atoms with Crippen LogP contribution in [0.1, 0.15) is 12.1 Å². The van der Waals surface area contributed by atoms with Crippen molar-refractivity contribution in [3.8, 4) is 11.3 Å². The number of hydrogen-bond acceptors (Lipinski definition) is 4. The Kier molecular flexibility index (Phi) is 5.48. The van der Waals surface area contributed by atoms with Crippen molar-refractivity contribution in [2.24, 2.45) is 0 Å². The van der Waals surface area contributed by atoms with E-state index in [2.05, 4.69) is 15.4 Å². The molecule has 26 heavy (non-hydrogen) atoms. The van der Waals surface area contributed by atoms with Crippen molar-refractivity contribution in [2.75, 3.05) is 0 Å². The molecule has 1 N–H and O–H groups in total. The number of nitrogens with one attached hydrogen (secondary N) is 1. The molecule has 2 aromatic heterocycles. The summed E-state index contributed by atoms with van der Waals surface area (Å²) in [6.07, 6.45) is 1.78. The Morgan fingerprint density at radius 3 is 2.62 bits per heavy atom. The fourth-order valence-corrected chi connectivity index (χ4v) is 2.37. The van der Waals surface area contributed by atoms with Gasteiger partial charge in [0.25, 0.3) is 5.56 Å². The van der Waals surface area contributed by atoms with E-state index in [1.54, 1.807) is 30.5 Å². The number of amides is 1. The van der Waals surface area contributed by atoms with Crippen LogP contribution >= 0.6 is 0 Å². The Morgan fingerprint density at radius 1 is 1.08 bits per heavy atom. The zero-order valence-corrected chi connectivity index (χ0v) is 13.9. The van der Waals surface area contributed by atoms with Gasteiger partial charge in [-0.25, -0.2) is 9.07 Å². The molecule has 3 aromatic rings. The molecule has 0 fully saturated rings. The second-order valence-electron chi connectivity index (χ2n) is 5.63. The standard InChI is InChI=1S/C19H17FN4O2/c20-15-6-4-14(5-7-15)17-8-9-19(26)24(23-17)12-10-18(25)22-13-16-3-1-2-11-21-16/h1-9,11H,10,12-13H2,(H,22,25). The molecule has 0 aliphatic rings. The number of halogens is 1. The third kappa shape index (κ3) is 4.60. The number of carbonyl (C=O) groups excluding carboxylic acids is 1. The zero-order valence-electron chi connectivity index (χ0n) is 13.9. The monoisotopic (exact) mass is 352 g/mol. The lowest BCUT2D eigenvalue weighted by atomic mass is 10.1. The van der Waals surface area contributed by atoms with Crippen LogP contribution in [-0.4, -0.2) is 20.7 Å². The van der Waals surface area contributed by atoms with Gasteiger partial charge in [0.1, 0.15) is 5.82 Å². The van der Waals surface area contributed by atoms with E-state index in [0.717, 1.165) is 5.69 Å². The predicted molar refractivity (Wildman–Crippen MR) is 94.6 cm³/mol. The summed E-state index contributed by atoms with van der Waals surface area (Å²) in [6.45, 7) is 0.486. The van der Waals surface area contributed by atoms with Crippen LogP contribution in [0.2, 0.25) is 0 Å². The van der Waals surface area contributed by atoms with Crippen molar-refractivity contribution in [2.45, 2.75) is 19.5 Å². The number of aromatic nitrogens is 3. The molecule has 0 bridgehead atoms. The third-order valence-electron chi connectivity index (χ3n) is 3.75. The van der Waals surface area contributed by atoms with Gasteiger partial charge in [-0.2, -0.15) is 5.10 Å². The quantitative estimate of drug-likeness (QED) is 0.737. The van der Waals surface area contributed by atoms with Crippen LogP contribution in [0, 0.1) is 5.82 Å². The van der Waals surface area contributed by atoms with E-state index in [0.29, 0.717) is 17.8 Å². The summed E-state index contributed by atoms with van der Waals surface area (Å²) in [5.74, 6) is -0.539. The van der Waals surface area contributed by atoms with Crippen molar-refractivity contribution >= 4 is 5.91 Å². The molecule has 1 aromatic carbocycles. The van der Waals surface area contributed by atoms with E-state index in [4.69, 9.17) is 0 Å². The maximum atomic E-state index is 13.0. The van der Waals surface area contributed by atoms with Gasteiger partial charge in [-0.3, -0.25) is 14.6 Å². The minimum absolute atomic E-state index is 0.118. The van der Waals surface area contributed by atoms with E-state index < -0.39 is 0 Å². The first-order valence-corrected chi connectivity index (χ1v) is 8.12. The summed E-state index contributed by atoms with van der Waals surface area (Å²) < 4.78 is 14.3. The normalized spacial score (nSPS) is 10.5. The molecule has 6 nitrogen and oxygen atoms in total. The molecular weight excluding hydrogens is 335 g/mol. The van der Waals surface area contributed by atoms with Crippen molar-refractivity contribution in [3.63, 3.8) is 0 Å². The summed E-state index contributed by atoms with van der Waals surface area (Å²) in [4.78, 5) is 28.0. The van der Waals surface area contributed by atoms with Gasteiger partial charge in [0.05, 0.1) is 24.5 Å². The maximum absolute atomic E-state index is 13.0. The number of rotatable bonds is 6. The highest BCUT2D eigenvalue weighted by atomic mass is 19.1. The van der Waals surface area contributed by atoms with Crippen LogP contribution in [0.25, 0.3) is 11.3 Å². The fraction of sp³-hybridized carbons (Fsp3) is 0.158. The number of pyridine rings is 1. The summed E-state index contributed by atoms with van der Waals surface area (Å²) in [7, 11) is 0. The van der Waals surface area contributed by atoms with Crippen LogP contribution < -0.4 is 10.9 Å². The van der Waals surface area contributed by atoms with Crippen LogP contribution in [0.3, 0.4) is 0 Å². The first-order valence-electron chi connectivity index (χ1n) is 8.12. The van der Waals surface area contributed by atoms with E-state index in [-0.39, 0.29) is 30.2 Å². The number of aryl methyl sites for hydroxylation is 1. The van der Waals surface area contributed by atoms with Crippen molar-refractivity contribution < 1.29 is 9.18 Å². The van der Waals surface area contributed by atoms with Crippen LogP contribution in [0.15, 0.2) is 65.6 Å². The first-order chi connectivity index (χ1) is 12.6. The van der Waals surface area contributed by atoms with Crippen molar-refractivity contribution in [1.29, 1.82) is 0 Å². The lowest BCUT2D eigenvalue weighted by Crippen LogP contribution is -2.28. The Bertz CT molecular complexity index is 940. The van der Waals surface area contributed by atoms with Gasteiger partial charge in [0.15, 0.2) is 0 Å². The average Bonchev–Trinajstić information content (AvgIpc) is 2.67. The Labute approximate surface area is 149 Å². The van der Waals surface area contributed by atoms with Gasteiger partial charge in [0, 0.05) is 24.2 Å². The van der Waals surface area contributed by atoms with Crippen molar-refractivity contribution in [3.05, 3.63) is 82.7 Å². The molecule has 0 saturated heterocycles. The topological polar surface area (TPSA) is 76.9 Å². The fourth-order valence-electron chi connectivity index (χ4n) is 2.37. The second kappa shape index (κ2) is 8.15. The average molecular weight is 352 g/mol. The van der Waals surface area contributed by atoms with Crippen LogP contribution in [-0.2, 0) is 17.9 Å². The molecule has 2 heterocycles. The Balaban J connectivity index is 1.62. The SMILES string of the molecule is O=C(CCn1nc(-c2ccc(F)cc2)ccc1=O)NCc1ccccn1. The van der Waals surface area contributed by atoms with E-state index >= 15 is 0 Å². The molecule has 7 heteroatoms. The lowest BCUT2D eigenvalue weighted by molar-refractivity contribution is -0.121. The largest absolute Gasteiger partial charge is 0.350 e. The van der Waals surface area contributed by atoms with E-state index in [9.17, 15) is 14.0 Å². The zero-order chi connectivity index (χ0) is 18.4. The molecular formula is C19H17FN4O2. The summed E-state index contributed by atoms with van der Waals surface area (Å²) >= 11 is 0. The molecule has 0 spiro atoms. The highest BCUT2D eigenvalue weighted by molar-refractivity contribution is 5.75. The molecule has 0 unspecified atom stereocenters. The molecule has 0 radical (unpaired) electrons. The molecule has 3 rings (SSSR count). The minimum atomic E-state index is -0.341.